The Labute approximate surface area is 209 Å². The quantitative estimate of drug-likeness (QED) is 0.158. The first kappa shape index (κ1) is 26.8. The third-order valence-corrected chi connectivity index (χ3v) is 9.13. The molecule has 1 aliphatic rings. The molecule has 0 radical (unpaired) electrons. The molecule has 1 saturated heterocycles. The second-order valence-electron chi connectivity index (χ2n) is 8.22. The number of hydrogen-bond acceptors (Lipinski definition) is 5. The predicted octanol–water partition coefficient (Wildman–Crippen LogP) is 5.23. The van der Waals surface area contributed by atoms with E-state index in [1.165, 1.54) is 16.4 Å². The number of benzene rings is 2. The number of nitrogens with zero attached hydrogens (tertiary/aromatic N) is 3. The van der Waals surface area contributed by atoms with Crippen molar-refractivity contribution in [3.8, 4) is 0 Å². The van der Waals surface area contributed by atoms with Gasteiger partial charge in [0.15, 0.2) is 28.4 Å². The van der Waals surface area contributed by atoms with Crippen LogP contribution >= 0.6 is 11.8 Å². The molecule has 0 saturated carbocycles. The topological polar surface area (TPSA) is 64.4 Å². The van der Waals surface area contributed by atoms with Crippen molar-refractivity contribution in [2.45, 2.75) is 55.1 Å². The van der Waals surface area contributed by atoms with Gasteiger partial charge >= 0.3 is 0 Å². The molecule has 0 N–H and O–H groups in total. The second kappa shape index (κ2) is 10.6. The number of sulfonamides is 1. The highest BCUT2D eigenvalue weighted by molar-refractivity contribution is 7.98. The van der Waals surface area contributed by atoms with Gasteiger partial charge in [0.2, 0.25) is 15.8 Å². The Bertz CT molecular complexity index is 1360. The Balaban J connectivity index is 1.75. The molecule has 196 valence electrons. The Hall–Kier alpha value is -2.22. The number of halogens is 5. The van der Waals surface area contributed by atoms with Crippen molar-refractivity contribution in [2.75, 3.05) is 19.7 Å². The molecule has 2 heterocycles. The highest BCUT2D eigenvalue weighted by Crippen LogP contribution is 2.33. The maximum Gasteiger partial charge on any atom is 0.243 e. The largest absolute Gasteiger partial charge is 0.376 e. The van der Waals surface area contributed by atoms with Gasteiger partial charge in [-0.25, -0.2) is 35.4 Å². The van der Waals surface area contributed by atoms with Crippen LogP contribution in [0.4, 0.5) is 22.0 Å². The van der Waals surface area contributed by atoms with Crippen LogP contribution < -0.4 is 0 Å². The van der Waals surface area contributed by atoms with Crippen LogP contribution in [0.1, 0.15) is 32.3 Å². The summed E-state index contributed by atoms with van der Waals surface area (Å²) >= 11 is 0.790. The van der Waals surface area contributed by atoms with Crippen LogP contribution in [-0.4, -0.2) is 48.1 Å². The van der Waals surface area contributed by atoms with Gasteiger partial charge in [-0.05, 0) is 31.0 Å². The molecule has 1 fully saturated rings. The fourth-order valence-electron chi connectivity index (χ4n) is 4.15. The number of rotatable bonds is 9. The molecular weight excluding hydrogens is 525 g/mol. The molecule has 36 heavy (non-hydrogen) atoms. The van der Waals surface area contributed by atoms with Crippen molar-refractivity contribution in [1.29, 1.82) is 0 Å². The minimum atomic E-state index is -3.76. The van der Waals surface area contributed by atoms with Gasteiger partial charge < -0.3 is 9.30 Å². The van der Waals surface area contributed by atoms with E-state index in [1.54, 1.807) is 24.5 Å². The number of fused-ring (bicyclic) bond motifs is 1. The average molecular weight is 550 g/mol. The molecule has 0 aliphatic carbocycles. The lowest BCUT2D eigenvalue weighted by molar-refractivity contribution is 0.0960. The molecular formula is C23H24F5N3O3S2. The Morgan fingerprint density at radius 1 is 1.06 bits per heavy atom. The van der Waals surface area contributed by atoms with Crippen LogP contribution in [-0.2, 0) is 27.1 Å². The molecule has 4 rings (SSSR count). The van der Waals surface area contributed by atoms with E-state index < -0.39 is 50.4 Å². The van der Waals surface area contributed by atoms with Gasteiger partial charge in [-0.3, -0.25) is 0 Å². The van der Waals surface area contributed by atoms with Gasteiger partial charge in [0, 0.05) is 31.0 Å². The number of hydrogen-bond donors (Lipinski definition) is 0. The lowest BCUT2D eigenvalue weighted by atomic mass is 10.2. The lowest BCUT2D eigenvalue weighted by Gasteiger charge is -2.18. The first-order valence-electron chi connectivity index (χ1n) is 11.3. The van der Waals surface area contributed by atoms with E-state index in [2.05, 4.69) is 4.98 Å². The molecule has 0 unspecified atom stereocenters. The van der Waals surface area contributed by atoms with Gasteiger partial charge in [-0.15, -0.1) is 0 Å². The van der Waals surface area contributed by atoms with Crippen LogP contribution in [0.2, 0.25) is 0 Å². The molecule has 1 atom stereocenters. The molecule has 2 aromatic carbocycles. The standard InChI is InChI=1S/C23H24F5N3O3S2/c1-3-30(4-2)36(32,33)14-7-8-17-16(10-14)29-23(31(17)11-13-6-5-9-34-13)35-12-15-18(24)20(26)22(28)21(27)19(15)25/h7-8,10,13H,3-6,9,11-12H2,1-2H3/t13-/m0/s1. The van der Waals surface area contributed by atoms with Crippen molar-refractivity contribution in [2.24, 2.45) is 0 Å². The van der Waals surface area contributed by atoms with Crippen LogP contribution in [0, 0.1) is 29.1 Å². The molecule has 3 aromatic rings. The van der Waals surface area contributed by atoms with Crippen LogP contribution in [0.3, 0.4) is 0 Å². The summed E-state index contributed by atoms with van der Waals surface area (Å²) in [5, 5.41) is 0.238. The van der Waals surface area contributed by atoms with E-state index in [0.717, 1.165) is 24.6 Å². The van der Waals surface area contributed by atoms with Crippen molar-refractivity contribution in [3.63, 3.8) is 0 Å². The average Bonchev–Trinajstić information content (AvgIpc) is 3.50. The molecule has 0 bridgehead atoms. The smallest absolute Gasteiger partial charge is 0.243 e. The molecule has 0 amide bonds. The van der Waals surface area contributed by atoms with Crippen molar-refractivity contribution < 1.29 is 35.1 Å². The summed E-state index contributed by atoms with van der Waals surface area (Å²) in [7, 11) is -3.76. The van der Waals surface area contributed by atoms with Crippen LogP contribution in [0.5, 0.6) is 0 Å². The van der Waals surface area contributed by atoms with Crippen molar-refractivity contribution >= 4 is 32.8 Å². The first-order valence-corrected chi connectivity index (χ1v) is 13.8. The number of imidazole rings is 1. The van der Waals surface area contributed by atoms with E-state index in [4.69, 9.17) is 4.74 Å². The third kappa shape index (κ3) is 4.85. The van der Waals surface area contributed by atoms with Gasteiger partial charge in [-0.1, -0.05) is 25.6 Å². The van der Waals surface area contributed by atoms with E-state index in [1.807, 2.05) is 0 Å². The number of aromatic nitrogens is 2. The minimum absolute atomic E-state index is 0.0387. The van der Waals surface area contributed by atoms with Gasteiger partial charge in [-0.2, -0.15) is 4.31 Å². The van der Waals surface area contributed by atoms with E-state index >= 15 is 0 Å². The molecule has 1 aromatic heterocycles. The summed E-state index contributed by atoms with van der Waals surface area (Å²) in [5.74, 6) is -10.6. The summed E-state index contributed by atoms with van der Waals surface area (Å²) in [5.41, 5.74) is -0.0815. The Morgan fingerprint density at radius 2 is 1.69 bits per heavy atom. The number of thioether (sulfide) groups is 1. The zero-order valence-electron chi connectivity index (χ0n) is 19.5. The maximum absolute atomic E-state index is 14.2. The maximum atomic E-state index is 14.2. The molecule has 13 heteroatoms. The van der Waals surface area contributed by atoms with E-state index in [9.17, 15) is 30.4 Å². The van der Waals surface area contributed by atoms with Gasteiger partial charge in [0.05, 0.1) is 28.6 Å². The van der Waals surface area contributed by atoms with Gasteiger partial charge in [0.1, 0.15) is 0 Å². The van der Waals surface area contributed by atoms with Crippen LogP contribution in [0.15, 0.2) is 28.3 Å². The summed E-state index contributed by atoms with van der Waals surface area (Å²) < 4.78 is 104. The molecule has 6 nitrogen and oxygen atoms in total. The fraction of sp³-hybridized carbons (Fsp3) is 0.435. The summed E-state index contributed by atoms with van der Waals surface area (Å²) in [6, 6.07) is 4.47. The second-order valence-corrected chi connectivity index (χ2v) is 11.1. The molecule has 1 aliphatic heterocycles. The monoisotopic (exact) mass is 549 g/mol. The van der Waals surface area contributed by atoms with E-state index in [-0.39, 0.29) is 29.2 Å². The first-order chi connectivity index (χ1) is 17.1. The predicted molar refractivity (Wildman–Crippen MR) is 125 cm³/mol. The minimum Gasteiger partial charge on any atom is -0.376 e. The van der Waals surface area contributed by atoms with Crippen molar-refractivity contribution in [1.82, 2.24) is 13.9 Å². The summed E-state index contributed by atoms with van der Waals surface area (Å²) in [6.45, 7) is 4.93. The highest BCUT2D eigenvalue weighted by Gasteiger charge is 2.28. The summed E-state index contributed by atoms with van der Waals surface area (Å²) in [6.07, 6.45) is 1.47. The third-order valence-electron chi connectivity index (χ3n) is 6.08. The fourth-order valence-corrected chi connectivity index (χ4v) is 6.65. The Kier molecular flexibility index (Phi) is 7.93. The number of ether oxygens (including phenoxy) is 1. The van der Waals surface area contributed by atoms with Crippen molar-refractivity contribution in [3.05, 3.63) is 52.8 Å². The highest BCUT2D eigenvalue weighted by atomic mass is 32.2. The van der Waals surface area contributed by atoms with Crippen LogP contribution in [0.25, 0.3) is 11.0 Å². The summed E-state index contributed by atoms with van der Waals surface area (Å²) in [4.78, 5) is 4.50. The Morgan fingerprint density at radius 3 is 2.28 bits per heavy atom. The van der Waals surface area contributed by atoms with E-state index in [0.29, 0.717) is 24.2 Å². The normalized spacial score (nSPS) is 16.5. The zero-order valence-corrected chi connectivity index (χ0v) is 21.2. The zero-order chi connectivity index (χ0) is 26.2. The molecule has 0 spiro atoms. The van der Waals surface area contributed by atoms with Gasteiger partial charge in [0.25, 0.3) is 0 Å². The SMILES string of the molecule is CCN(CC)S(=O)(=O)c1ccc2c(c1)nc(SCc1c(F)c(F)c(F)c(F)c1F)n2C[C@@H]1CCCO1. The lowest BCUT2D eigenvalue weighted by Crippen LogP contribution is -2.30.